The van der Waals surface area contributed by atoms with Crippen LogP contribution < -0.4 is 0 Å². The number of aromatic carboxylic acids is 1. The Morgan fingerprint density at radius 1 is 1.23 bits per heavy atom. The largest absolute Gasteiger partial charge is 0.478 e. The maximum absolute atomic E-state index is 12.6. The van der Waals surface area contributed by atoms with Crippen LogP contribution in [-0.2, 0) is 14.8 Å². The number of carboxylic acid groups (broad SMARTS) is 1. The van der Waals surface area contributed by atoms with Crippen molar-refractivity contribution in [2.75, 3.05) is 27.2 Å². The van der Waals surface area contributed by atoms with Crippen molar-refractivity contribution in [3.63, 3.8) is 0 Å². The number of hydrogen-bond acceptors (Lipinski definition) is 5. The molecule has 0 bridgehead atoms. The molecule has 2 aromatic rings. The molecule has 1 unspecified atom stereocenters. The van der Waals surface area contributed by atoms with Crippen LogP contribution in [0.4, 0.5) is 0 Å². The van der Waals surface area contributed by atoms with Crippen molar-refractivity contribution in [2.45, 2.75) is 23.8 Å². The van der Waals surface area contributed by atoms with Crippen LogP contribution in [0.2, 0.25) is 0 Å². The summed E-state index contributed by atoms with van der Waals surface area (Å²) in [7, 11) is -0.546. The Morgan fingerprint density at radius 2 is 1.93 bits per heavy atom. The molecular formula is C20H24N4O5S. The Kier molecular flexibility index (Phi) is 6.37. The first kappa shape index (κ1) is 21.7. The number of hydrogen-bond donors (Lipinski definition) is 1. The quantitative estimate of drug-likeness (QED) is 0.696. The van der Waals surface area contributed by atoms with Gasteiger partial charge in [-0.1, -0.05) is 12.1 Å². The van der Waals surface area contributed by atoms with Crippen LogP contribution in [0.5, 0.6) is 0 Å². The van der Waals surface area contributed by atoms with E-state index in [-0.39, 0.29) is 22.4 Å². The number of carboxylic acids is 1. The van der Waals surface area contributed by atoms with Gasteiger partial charge in [0, 0.05) is 39.5 Å². The lowest BCUT2D eigenvalue weighted by Crippen LogP contribution is -2.40. The Labute approximate surface area is 175 Å². The van der Waals surface area contributed by atoms with Crippen molar-refractivity contribution < 1.29 is 23.1 Å². The molecule has 1 aromatic heterocycles. The summed E-state index contributed by atoms with van der Waals surface area (Å²) in [6.45, 7) is 1.07. The molecule has 3 rings (SSSR count). The van der Waals surface area contributed by atoms with E-state index in [1.165, 1.54) is 44.7 Å². The topological polar surface area (TPSA) is 113 Å². The number of carbonyl (C=O) groups is 2. The van der Waals surface area contributed by atoms with Gasteiger partial charge >= 0.3 is 5.97 Å². The summed E-state index contributed by atoms with van der Waals surface area (Å²) in [6, 6.07) is 6.24. The highest BCUT2D eigenvalue weighted by molar-refractivity contribution is 7.89. The Balaban J connectivity index is 1.65. The fraction of sp³-hybridized carbons (Fsp3) is 0.350. The predicted molar refractivity (Wildman–Crippen MR) is 110 cm³/mol. The van der Waals surface area contributed by atoms with Crippen LogP contribution >= 0.6 is 0 Å². The third kappa shape index (κ3) is 4.77. The van der Waals surface area contributed by atoms with Crippen LogP contribution in [-0.4, -0.2) is 71.6 Å². The maximum Gasteiger partial charge on any atom is 0.338 e. The molecule has 1 fully saturated rings. The van der Waals surface area contributed by atoms with Crippen molar-refractivity contribution in [3.8, 4) is 0 Å². The van der Waals surface area contributed by atoms with Gasteiger partial charge in [-0.05, 0) is 36.6 Å². The summed E-state index contributed by atoms with van der Waals surface area (Å²) < 4.78 is 27.0. The molecule has 1 aromatic carbocycles. The van der Waals surface area contributed by atoms with Crippen molar-refractivity contribution >= 4 is 28.0 Å². The Hall–Kier alpha value is -2.98. The second-order valence-corrected chi connectivity index (χ2v) is 9.44. The highest BCUT2D eigenvalue weighted by Crippen LogP contribution is 2.22. The molecule has 0 spiro atoms. The van der Waals surface area contributed by atoms with E-state index in [4.69, 9.17) is 5.11 Å². The fourth-order valence-electron chi connectivity index (χ4n) is 3.25. The highest BCUT2D eigenvalue weighted by atomic mass is 32.2. The van der Waals surface area contributed by atoms with Crippen molar-refractivity contribution in [3.05, 3.63) is 53.9 Å². The van der Waals surface area contributed by atoms with Gasteiger partial charge in [-0.15, -0.1) is 0 Å². The lowest BCUT2D eigenvalue weighted by Gasteiger charge is -2.32. The van der Waals surface area contributed by atoms with Crippen molar-refractivity contribution in [1.82, 2.24) is 19.0 Å². The number of rotatable bonds is 6. The zero-order chi connectivity index (χ0) is 21.9. The van der Waals surface area contributed by atoms with Gasteiger partial charge in [0.1, 0.15) is 0 Å². The number of carbonyl (C=O) groups excluding carboxylic acids is 1. The normalized spacial score (nSPS) is 17.6. The van der Waals surface area contributed by atoms with Gasteiger partial charge in [-0.25, -0.2) is 17.5 Å². The number of amides is 1. The molecule has 0 radical (unpaired) electrons. The smallest absolute Gasteiger partial charge is 0.338 e. The molecule has 1 saturated heterocycles. The molecule has 0 aliphatic carbocycles. The molecule has 1 aliphatic rings. The van der Waals surface area contributed by atoms with Gasteiger partial charge < -0.3 is 10.0 Å². The molecule has 10 heteroatoms. The van der Waals surface area contributed by atoms with E-state index < -0.39 is 16.0 Å². The zero-order valence-corrected chi connectivity index (χ0v) is 17.6. The van der Waals surface area contributed by atoms with Crippen LogP contribution in [0.1, 0.15) is 34.8 Å². The standard InChI is InChI=1S/C20H24N4O5S/c1-22(2)30(28,29)18-8-5-15(6-9-18)7-10-19(25)23-11-3-4-17(14-23)24-13-16(12-21-24)20(26)27/h5-10,12-13,17H,3-4,11,14H2,1-2H3,(H,26,27)/b10-7+. The van der Waals surface area contributed by atoms with Crippen LogP contribution in [0, 0.1) is 0 Å². The van der Waals surface area contributed by atoms with Crippen molar-refractivity contribution in [2.24, 2.45) is 0 Å². The van der Waals surface area contributed by atoms with Crippen molar-refractivity contribution in [1.29, 1.82) is 0 Å². The van der Waals surface area contributed by atoms with Gasteiger partial charge in [-0.2, -0.15) is 5.10 Å². The van der Waals surface area contributed by atoms with Crippen LogP contribution in [0.3, 0.4) is 0 Å². The number of aromatic nitrogens is 2. The number of likely N-dealkylation sites (tertiary alicyclic amines) is 1. The average Bonchev–Trinajstić information content (AvgIpc) is 3.23. The summed E-state index contributed by atoms with van der Waals surface area (Å²) in [5.41, 5.74) is 0.839. The lowest BCUT2D eigenvalue weighted by atomic mass is 10.1. The molecule has 1 atom stereocenters. The monoisotopic (exact) mass is 432 g/mol. The molecule has 1 aliphatic heterocycles. The summed E-state index contributed by atoms with van der Waals surface area (Å²) in [5, 5.41) is 13.2. The predicted octanol–water partition coefficient (Wildman–Crippen LogP) is 1.71. The van der Waals surface area contributed by atoms with E-state index in [1.54, 1.807) is 27.8 Å². The van der Waals surface area contributed by atoms with Gasteiger partial charge in [-0.3, -0.25) is 9.48 Å². The summed E-state index contributed by atoms with van der Waals surface area (Å²) in [4.78, 5) is 25.5. The second-order valence-electron chi connectivity index (χ2n) is 7.28. The lowest BCUT2D eigenvalue weighted by molar-refractivity contribution is -0.127. The third-order valence-electron chi connectivity index (χ3n) is 5.01. The highest BCUT2D eigenvalue weighted by Gasteiger charge is 2.25. The maximum atomic E-state index is 12.6. The average molecular weight is 433 g/mol. The summed E-state index contributed by atoms with van der Waals surface area (Å²) in [6.07, 6.45) is 7.51. The van der Waals surface area contributed by atoms with Gasteiger partial charge in [0.05, 0.1) is 22.7 Å². The van der Waals surface area contributed by atoms with Gasteiger partial charge in [0.15, 0.2) is 0 Å². The van der Waals surface area contributed by atoms with E-state index in [0.717, 1.165) is 17.1 Å². The first-order valence-corrected chi connectivity index (χ1v) is 10.9. The van der Waals surface area contributed by atoms with E-state index in [0.29, 0.717) is 18.7 Å². The van der Waals surface area contributed by atoms with Crippen LogP contribution in [0.15, 0.2) is 47.6 Å². The van der Waals surface area contributed by atoms with E-state index >= 15 is 0 Å². The molecule has 1 N–H and O–H groups in total. The molecular weight excluding hydrogens is 408 g/mol. The SMILES string of the molecule is CN(C)S(=O)(=O)c1ccc(/C=C/C(=O)N2CCCC(n3cc(C(=O)O)cn3)C2)cc1. The van der Waals surface area contributed by atoms with E-state index in [9.17, 15) is 18.0 Å². The van der Waals surface area contributed by atoms with E-state index in [2.05, 4.69) is 5.10 Å². The number of piperidine rings is 1. The molecule has 1 amide bonds. The summed E-state index contributed by atoms with van der Waals surface area (Å²) in [5.74, 6) is -1.19. The van der Waals surface area contributed by atoms with E-state index in [1.807, 2.05) is 0 Å². The number of benzene rings is 1. The molecule has 160 valence electrons. The molecule has 2 heterocycles. The zero-order valence-electron chi connectivity index (χ0n) is 16.8. The minimum atomic E-state index is -3.49. The molecule has 0 saturated carbocycles. The van der Waals surface area contributed by atoms with Gasteiger partial charge in [0.2, 0.25) is 15.9 Å². The summed E-state index contributed by atoms with van der Waals surface area (Å²) >= 11 is 0. The van der Waals surface area contributed by atoms with Gasteiger partial charge in [0.25, 0.3) is 0 Å². The minimum absolute atomic E-state index is 0.0697. The Bertz CT molecular complexity index is 1060. The first-order valence-electron chi connectivity index (χ1n) is 9.45. The minimum Gasteiger partial charge on any atom is -0.478 e. The third-order valence-corrected chi connectivity index (χ3v) is 6.84. The first-order chi connectivity index (χ1) is 14.2. The number of nitrogens with zero attached hydrogens (tertiary/aromatic N) is 4. The number of sulfonamides is 1. The Morgan fingerprint density at radius 3 is 2.53 bits per heavy atom. The fourth-order valence-corrected chi connectivity index (χ4v) is 4.16. The second kappa shape index (κ2) is 8.80. The molecule has 30 heavy (non-hydrogen) atoms. The van der Waals surface area contributed by atoms with Crippen LogP contribution in [0.25, 0.3) is 6.08 Å². The molecule has 9 nitrogen and oxygen atoms in total.